The molecule has 0 aromatic heterocycles. The van der Waals surface area contributed by atoms with Crippen molar-refractivity contribution in [3.05, 3.63) is 35.4 Å². The predicted octanol–water partition coefficient (Wildman–Crippen LogP) is 5.18. The van der Waals surface area contributed by atoms with Gasteiger partial charge in [-0.1, -0.05) is 38.8 Å². The third kappa shape index (κ3) is 4.22. The summed E-state index contributed by atoms with van der Waals surface area (Å²) in [4.78, 5) is 0. The second-order valence-corrected chi connectivity index (χ2v) is 6.18. The molecule has 0 spiro atoms. The van der Waals surface area contributed by atoms with Crippen LogP contribution in [0.1, 0.15) is 56.7 Å². The van der Waals surface area contributed by atoms with E-state index in [-0.39, 0.29) is 6.04 Å². The van der Waals surface area contributed by atoms with Crippen LogP contribution in [-0.4, -0.2) is 6.54 Å². The van der Waals surface area contributed by atoms with Crippen LogP contribution >= 0.6 is 0 Å². The maximum Gasteiger partial charge on any atom is 0.416 e. The quantitative estimate of drug-likeness (QED) is 0.807. The van der Waals surface area contributed by atoms with Crippen molar-refractivity contribution in [2.24, 2.45) is 11.8 Å². The molecule has 1 aromatic rings. The van der Waals surface area contributed by atoms with Gasteiger partial charge in [-0.3, -0.25) is 0 Å². The normalized spacial score (nSPS) is 24.8. The van der Waals surface area contributed by atoms with Crippen LogP contribution in [-0.2, 0) is 6.18 Å². The smallest absolute Gasteiger partial charge is 0.310 e. The van der Waals surface area contributed by atoms with E-state index in [4.69, 9.17) is 0 Å². The summed E-state index contributed by atoms with van der Waals surface area (Å²) in [6.45, 7) is 5.03. The van der Waals surface area contributed by atoms with E-state index < -0.39 is 11.7 Å². The van der Waals surface area contributed by atoms with Gasteiger partial charge < -0.3 is 5.32 Å². The van der Waals surface area contributed by atoms with E-state index in [1.54, 1.807) is 0 Å². The maximum absolute atomic E-state index is 12.9. The summed E-state index contributed by atoms with van der Waals surface area (Å²) in [5.74, 6) is 1.18. The highest BCUT2D eigenvalue weighted by Gasteiger charge is 2.32. The summed E-state index contributed by atoms with van der Waals surface area (Å²) in [7, 11) is 0. The van der Waals surface area contributed by atoms with Gasteiger partial charge in [-0.25, -0.2) is 0 Å². The summed E-state index contributed by atoms with van der Waals surface area (Å²) < 4.78 is 38.7. The van der Waals surface area contributed by atoms with E-state index in [0.717, 1.165) is 36.9 Å². The van der Waals surface area contributed by atoms with Gasteiger partial charge in [-0.05, 0) is 48.9 Å². The molecule has 1 aliphatic carbocycles. The third-order valence-corrected chi connectivity index (χ3v) is 4.53. The third-order valence-electron chi connectivity index (χ3n) is 4.53. The number of nitrogens with one attached hydrogen (secondary N) is 1. The lowest BCUT2D eigenvalue weighted by Gasteiger charge is -2.33. The fraction of sp³-hybridized carbons (Fsp3) is 0.647. The number of benzene rings is 1. The summed E-state index contributed by atoms with van der Waals surface area (Å²) in [5, 5.41) is 3.39. The second-order valence-electron chi connectivity index (χ2n) is 6.18. The van der Waals surface area contributed by atoms with E-state index in [0.29, 0.717) is 5.92 Å². The molecule has 0 amide bonds. The van der Waals surface area contributed by atoms with Crippen LogP contribution in [0.15, 0.2) is 24.3 Å². The molecular formula is C17H24F3N. The zero-order valence-electron chi connectivity index (χ0n) is 12.7. The van der Waals surface area contributed by atoms with Gasteiger partial charge in [-0.15, -0.1) is 0 Å². The molecule has 1 aromatic carbocycles. The van der Waals surface area contributed by atoms with Crippen molar-refractivity contribution in [3.63, 3.8) is 0 Å². The molecule has 0 saturated heterocycles. The zero-order valence-corrected chi connectivity index (χ0v) is 12.7. The molecule has 0 radical (unpaired) electrons. The first-order valence-electron chi connectivity index (χ1n) is 7.82. The van der Waals surface area contributed by atoms with Crippen LogP contribution in [0, 0.1) is 11.8 Å². The molecule has 2 rings (SSSR count). The van der Waals surface area contributed by atoms with Crippen molar-refractivity contribution in [2.75, 3.05) is 6.54 Å². The SMILES string of the molecule is CCNC(c1cccc(C(F)(F)F)c1)C1CCC(C)CC1. The molecular weight excluding hydrogens is 275 g/mol. The lowest BCUT2D eigenvalue weighted by molar-refractivity contribution is -0.137. The Hall–Kier alpha value is -1.03. The molecule has 1 nitrogen and oxygen atoms in total. The van der Waals surface area contributed by atoms with Crippen LogP contribution in [0.25, 0.3) is 0 Å². The molecule has 118 valence electrons. The zero-order chi connectivity index (χ0) is 15.5. The Morgan fingerprint density at radius 3 is 2.43 bits per heavy atom. The average molecular weight is 299 g/mol. The Morgan fingerprint density at radius 1 is 1.19 bits per heavy atom. The second kappa shape index (κ2) is 6.82. The minimum absolute atomic E-state index is 0.0322. The number of alkyl halides is 3. The van der Waals surface area contributed by atoms with Crippen LogP contribution < -0.4 is 5.32 Å². The van der Waals surface area contributed by atoms with Crippen LogP contribution in [0.4, 0.5) is 13.2 Å². The molecule has 1 N–H and O–H groups in total. The number of hydrogen-bond acceptors (Lipinski definition) is 1. The summed E-state index contributed by atoms with van der Waals surface area (Å²) in [5.41, 5.74) is 0.221. The Labute approximate surface area is 124 Å². The predicted molar refractivity (Wildman–Crippen MR) is 79.0 cm³/mol. The van der Waals surface area contributed by atoms with Crippen LogP contribution in [0.3, 0.4) is 0 Å². The van der Waals surface area contributed by atoms with Crippen molar-refractivity contribution in [2.45, 2.75) is 51.7 Å². The minimum atomic E-state index is -4.27. The highest BCUT2D eigenvalue weighted by atomic mass is 19.4. The first-order valence-corrected chi connectivity index (χ1v) is 7.82. The first kappa shape index (κ1) is 16.3. The average Bonchev–Trinajstić information content (AvgIpc) is 2.45. The molecule has 1 unspecified atom stereocenters. The van der Waals surface area contributed by atoms with Crippen LogP contribution in [0.5, 0.6) is 0 Å². The Balaban J connectivity index is 2.21. The first-order chi connectivity index (χ1) is 9.91. The van der Waals surface area contributed by atoms with Gasteiger partial charge in [0, 0.05) is 6.04 Å². The molecule has 1 atom stereocenters. The molecule has 4 heteroatoms. The highest BCUT2D eigenvalue weighted by molar-refractivity contribution is 5.28. The lowest BCUT2D eigenvalue weighted by atomic mass is 9.77. The molecule has 1 aliphatic rings. The van der Waals surface area contributed by atoms with Gasteiger partial charge in [0.2, 0.25) is 0 Å². The maximum atomic E-state index is 12.9. The van der Waals surface area contributed by atoms with Gasteiger partial charge in [-0.2, -0.15) is 13.2 Å². The largest absolute Gasteiger partial charge is 0.416 e. The minimum Gasteiger partial charge on any atom is -0.310 e. The summed E-state index contributed by atoms with van der Waals surface area (Å²) in [6.07, 6.45) is 0.259. The van der Waals surface area contributed by atoms with Crippen LogP contribution in [0.2, 0.25) is 0 Å². The summed E-state index contributed by atoms with van der Waals surface area (Å²) >= 11 is 0. The number of rotatable bonds is 4. The van der Waals surface area contributed by atoms with Crippen molar-refractivity contribution in [3.8, 4) is 0 Å². The molecule has 21 heavy (non-hydrogen) atoms. The molecule has 1 fully saturated rings. The van der Waals surface area contributed by atoms with E-state index in [2.05, 4.69) is 12.2 Å². The lowest BCUT2D eigenvalue weighted by Crippen LogP contribution is -2.31. The van der Waals surface area contributed by atoms with Crippen molar-refractivity contribution in [1.29, 1.82) is 0 Å². The molecule has 1 saturated carbocycles. The van der Waals surface area contributed by atoms with E-state index in [9.17, 15) is 13.2 Å². The van der Waals surface area contributed by atoms with Gasteiger partial charge >= 0.3 is 6.18 Å². The fourth-order valence-corrected chi connectivity index (χ4v) is 3.30. The molecule has 0 aliphatic heterocycles. The van der Waals surface area contributed by atoms with E-state index in [1.807, 2.05) is 13.0 Å². The van der Waals surface area contributed by atoms with Crippen molar-refractivity contribution >= 4 is 0 Å². The Bertz CT molecular complexity index is 448. The van der Waals surface area contributed by atoms with Gasteiger partial charge in [0.1, 0.15) is 0 Å². The fourth-order valence-electron chi connectivity index (χ4n) is 3.30. The molecule has 0 heterocycles. The van der Waals surface area contributed by atoms with Gasteiger partial charge in [0.15, 0.2) is 0 Å². The Morgan fingerprint density at radius 2 is 1.86 bits per heavy atom. The molecule has 0 bridgehead atoms. The monoisotopic (exact) mass is 299 g/mol. The van der Waals surface area contributed by atoms with Crippen molar-refractivity contribution < 1.29 is 13.2 Å². The Kier molecular flexibility index (Phi) is 5.31. The van der Waals surface area contributed by atoms with Gasteiger partial charge in [0.05, 0.1) is 5.56 Å². The standard InChI is InChI=1S/C17H24F3N/c1-3-21-16(13-9-7-12(2)8-10-13)14-5-4-6-15(11-14)17(18,19)20/h4-6,11-13,16,21H,3,7-10H2,1-2H3. The van der Waals surface area contributed by atoms with E-state index >= 15 is 0 Å². The highest BCUT2D eigenvalue weighted by Crippen LogP contribution is 2.38. The van der Waals surface area contributed by atoms with Gasteiger partial charge in [0.25, 0.3) is 0 Å². The topological polar surface area (TPSA) is 12.0 Å². The number of halogens is 3. The van der Waals surface area contributed by atoms with Crippen molar-refractivity contribution in [1.82, 2.24) is 5.32 Å². The van der Waals surface area contributed by atoms with E-state index in [1.165, 1.54) is 25.0 Å². The summed E-state index contributed by atoms with van der Waals surface area (Å²) in [6, 6.07) is 5.83. The number of hydrogen-bond donors (Lipinski definition) is 1.